The van der Waals surface area contributed by atoms with Crippen LogP contribution in [0, 0.1) is 11.3 Å². The number of rotatable bonds is 7. The third kappa shape index (κ3) is 4.15. The number of hydrogen-bond acceptors (Lipinski definition) is 4. The molecule has 4 nitrogen and oxygen atoms in total. The molecule has 4 heteroatoms. The largest absolute Gasteiger partial charge is 0.492 e. The summed E-state index contributed by atoms with van der Waals surface area (Å²) in [5.74, 6) is 0.660. The Kier molecular flexibility index (Phi) is 5.22. The average molecular weight is 270 g/mol. The van der Waals surface area contributed by atoms with Crippen molar-refractivity contribution >= 4 is 0 Å². The summed E-state index contributed by atoms with van der Waals surface area (Å²) in [7, 11) is 2.07. The van der Waals surface area contributed by atoms with E-state index < -0.39 is 0 Å². The normalized spacial score (nSPS) is 10.4. The Bertz CT molecular complexity index is 558. The molecule has 2 rings (SSSR count). The molecule has 0 spiro atoms. The third-order valence-electron chi connectivity index (χ3n) is 2.98. The van der Waals surface area contributed by atoms with Gasteiger partial charge in [0.15, 0.2) is 0 Å². The predicted molar refractivity (Wildman–Crippen MR) is 76.3 cm³/mol. The van der Waals surface area contributed by atoms with E-state index in [9.17, 15) is 0 Å². The van der Waals surface area contributed by atoms with Gasteiger partial charge < -0.3 is 14.1 Å². The molecule has 1 aromatic heterocycles. The van der Waals surface area contributed by atoms with E-state index >= 15 is 0 Å². The topological polar surface area (TPSA) is 49.4 Å². The van der Waals surface area contributed by atoms with Gasteiger partial charge in [0.25, 0.3) is 0 Å². The van der Waals surface area contributed by atoms with Gasteiger partial charge in [0, 0.05) is 18.7 Å². The third-order valence-corrected chi connectivity index (χ3v) is 2.98. The minimum absolute atomic E-state index is 0.583. The second-order valence-electron chi connectivity index (χ2n) is 4.68. The first-order valence-electron chi connectivity index (χ1n) is 6.61. The van der Waals surface area contributed by atoms with Crippen LogP contribution in [0.1, 0.15) is 17.5 Å². The van der Waals surface area contributed by atoms with Crippen molar-refractivity contribution in [2.24, 2.45) is 0 Å². The number of nitrogens with zero attached hydrogens (tertiary/aromatic N) is 2. The molecule has 2 aromatic rings. The van der Waals surface area contributed by atoms with Crippen molar-refractivity contribution in [3.8, 4) is 11.8 Å². The molecular formula is C16H18N2O2. The fourth-order valence-electron chi connectivity index (χ4n) is 1.97. The van der Waals surface area contributed by atoms with Crippen LogP contribution in [0.3, 0.4) is 0 Å². The van der Waals surface area contributed by atoms with Crippen LogP contribution >= 0.6 is 0 Å². The van der Waals surface area contributed by atoms with Gasteiger partial charge in [-0.05, 0) is 31.7 Å². The summed E-state index contributed by atoms with van der Waals surface area (Å²) >= 11 is 0. The molecule has 0 aliphatic heterocycles. The lowest BCUT2D eigenvalue weighted by Gasteiger charge is -2.15. The maximum Gasteiger partial charge on any atom is 0.137 e. The van der Waals surface area contributed by atoms with Crippen LogP contribution in [-0.2, 0) is 6.54 Å². The molecule has 1 aromatic carbocycles. The van der Waals surface area contributed by atoms with E-state index in [-0.39, 0.29) is 0 Å². The van der Waals surface area contributed by atoms with Gasteiger partial charge in [0.2, 0.25) is 0 Å². The van der Waals surface area contributed by atoms with Gasteiger partial charge >= 0.3 is 0 Å². The second kappa shape index (κ2) is 7.37. The summed E-state index contributed by atoms with van der Waals surface area (Å²) < 4.78 is 10.7. The van der Waals surface area contributed by atoms with Crippen molar-refractivity contribution < 1.29 is 9.15 Å². The molecule has 0 unspecified atom stereocenters. The quantitative estimate of drug-likeness (QED) is 0.726. The maximum atomic E-state index is 8.96. The number of ether oxygens (including phenoxy) is 1. The predicted octanol–water partition coefficient (Wildman–Crippen LogP) is 3.05. The van der Waals surface area contributed by atoms with Crippen LogP contribution in [0.15, 0.2) is 47.3 Å². The van der Waals surface area contributed by atoms with Crippen molar-refractivity contribution in [1.82, 2.24) is 4.90 Å². The Morgan fingerprint density at radius 1 is 1.30 bits per heavy atom. The molecule has 20 heavy (non-hydrogen) atoms. The zero-order chi connectivity index (χ0) is 14.2. The molecule has 0 saturated heterocycles. The second-order valence-corrected chi connectivity index (χ2v) is 4.68. The van der Waals surface area contributed by atoms with Gasteiger partial charge in [0.05, 0.1) is 24.7 Å². The summed E-state index contributed by atoms with van der Waals surface area (Å²) in [6.45, 7) is 2.40. The van der Waals surface area contributed by atoms with Gasteiger partial charge in [-0.15, -0.1) is 0 Å². The zero-order valence-electron chi connectivity index (χ0n) is 11.6. The lowest BCUT2D eigenvalue weighted by Crippen LogP contribution is -2.20. The molecule has 0 aliphatic carbocycles. The molecule has 0 aliphatic rings. The van der Waals surface area contributed by atoms with E-state index in [1.807, 2.05) is 24.3 Å². The Morgan fingerprint density at radius 3 is 2.90 bits per heavy atom. The van der Waals surface area contributed by atoms with Crippen LogP contribution in [0.4, 0.5) is 0 Å². The Balaban J connectivity index is 1.70. The van der Waals surface area contributed by atoms with Crippen molar-refractivity contribution in [3.63, 3.8) is 0 Å². The van der Waals surface area contributed by atoms with Crippen LogP contribution < -0.4 is 4.74 Å². The summed E-state index contributed by atoms with van der Waals surface area (Å²) in [5.41, 5.74) is 1.75. The van der Waals surface area contributed by atoms with Gasteiger partial charge in [-0.1, -0.05) is 12.1 Å². The van der Waals surface area contributed by atoms with Crippen LogP contribution in [0.5, 0.6) is 5.75 Å². The first-order chi connectivity index (χ1) is 9.79. The molecule has 1 heterocycles. The van der Waals surface area contributed by atoms with Gasteiger partial charge in [-0.25, -0.2) is 0 Å². The first kappa shape index (κ1) is 14.2. The average Bonchev–Trinajstić information content (AvgIpc) is 2.97. The summed E-state index contributed by atoms with van der Waals surface area (Å²) in [6, 6.07) is 11.4. The Labute approximate surface area is 119 Å². The van der Waals surface area contributed by atoms with E-state index in [1.165, 1.54) is 5.56 Å². The molecule has 0 amide bonds. The maximum absolute atomic E-state index is 8.96. The van der Waals surface area contributed by atoms with E-state index in [4.69, 9.17) is 14.4 Å². The molecule has 104 valence electrons. The summed E-state index contributed by atoms with van der Waals surface area (Å²) in [4.78, 5) is 2.21. The number of hydrogen-bond donors (Lipinski definition) is 0. The lowest BCUT2D eigenvalue weighted by molar-refractivity contribution is 0.258. The molecule has 0 N–H and O–H groups in total. The first-order valence-corrected chi connectivity index (χ1v) is 6.61. The Morgan fingerprint density at radius 2 is 2.15 bits per heavy atom. The fraction of sp³-hybridized carbons (Fsp3) is 0.312. The molecule has 0 fully saturated rings. The summed E-state index contributed by atoms with van der Waals surface area (Å²) in [6.07, 6.45) is 4.36. The zero-order valence-corrected chi connectivity index (χ0v) is 11.6. The molecule has 0 atom stereocenters. The molecular weight excluding hydrogens is 252 g/mol. The van der Waals surface area contributed by atoms with Gasteiger partial charge in [-0.3, -0.25) is 0 Å². The number of benzene rings is 1. The molecule has 0 bridgehead atoms. The van der Waals surface area contributed by atoms with Crippen molar-refractivity contribution in [2.75, 3.05) is 20.2 Å². The minimum atomic E-state index is 0.583. The van der Waals surface area contributed by atoms with E-state index in [0.29, 0.717) is 17.9 Å². The van der Waals surface area contributed by atoms with E-state index in [1.54, 1.807) is 18.6 Å². The van der Waals surface area contributed by atoms with Crippen molar-refractivity contribution in [1.29, 1.82) is 5.26 Å². The van der Waals surface area contributed by atoms with E-state index in [0.717, 1.165) is 19.5 Å². The monoisotopic (exact) mass is 270 g/mol. The highest BCUT2D eigenvalue weighted by Gasteiger charge is 2.03. The Hall–Kier alpha value is -2.25. The minimum Gasteiger partial charge on any atom is -0.492 e. The lowest BCUT2D eigenvalue weighted by atomic mass is 10.2. The van der Waals surface area contributed by atoms with Crippen LogP contribution in [0.25, 0.3) is 0 Å². The number of nitriles is 1. The SMILES string of the molecule is CN(CCCOc1ccccc1C#N)Cc1ccoc1. The smallest absolute Gasteiger partial charge is 0.137 e. The highest BCUT2D eigenvalue weighted by Crippen LogP contribution is 2.16. The molecule has 0 saturated carbocycles. The highest BCUT2D eigenvalue weighted by molar-refractivity contribution is 5.42. The van der Waals surface area contributed by atoms with Crippen molar-refractivity contribution in [3.05, 3.63) is 54.0 Å². The highest BCUT2D eigenvalue weighted by atomic mass is 16.5. The fourth-order valence-corrected chi connectivity index (χ4v) is 1.97. The van der Waals surface area contributed by atoms with Gasteiger partial charge in [0.1, 0.15) is 11.8 Å². The van der Waals surface area contributed by atoms with Crippen molar-refractivity contribution in [2.45, 2.75) is 13.0 Å². The van der Waals surface area contributed by atoms with Gasteiger partial charge in [-0.2, -0.15) is 5.26 Å². The summed E-state index contributed by atoms with van der Waals surface area (Å²) in [5, 5.41) is 8.96. The van der Waals surface area contributed by atoms with E-state index in [2.05, 4.69) is 18.0 Å². The number of para-hydroxylation sites is 1. The van der Waals surface area contributed by atoms with Crippen LogP contribution in [-0.4, -0.2) is 25.1 Å². The van der Waals surface area contributed by atoms with Crippen LogP contribution in [0.2, 0.25) is 0 Å². The number of furan rings is 1. The molecule has 0 radical (unpaired) electrons. The standard InChI is InChI=1S/C16H18N2O2/c1-18(12-14-7-10-19-13-14)8-4-9-20-16-6-3-2-5-15(16)11-17/h2-3,5-7,10,13H,4,8-9,12H2,1H3.